The van der Waals surface area contributed by atoms with Crippen LogP contribution in [0.1, 0.15) is 34.5 Å². The summed E-state index contributed by atoms with van der Waals surface area (Å²) < 4.78 is 11.1. The number of piperazine rings is 1. The van der Waals surface area contributed by atoms with E-state index in [2.05, 4.69) is 28.2 Å². The van der Waals surface area contributed by atoms with Crippen LogP contribution in [0, 0.1) is 6.92 Å². The fourth-order valence-electron chi connectivity index (χ4n) is 3.72. The molecule has 1 saturated heterocycles. The van der Waals surface area contributed by atoms with Gasteiger partial charge < -0.3 is 30.3 Å². The normalized spacial score (nSPS) is 15.5. The van der Waals surface area contributed by atoms with Crippen molar-refractivity contribution in [3.8, 4) is 11.5 Å². The molecular formula is C24H34N4O3. The average Bonchev–Trinajstić information content (AvgIpc) is 2.78. The molecular weight excluding hydrogens is 392 g/mol. The lowest BCUT2D eigenvalue weighted by Gasteiger charge is -2.34. The summed E-state index contributed by atoms with van der Waals surface area (Å²) in [4.78, 5) is 17.8. The zero-order chi connectivity index (χ0) is 22.4. The predicted octanol–water partition coefficient (Wildman–Crippen LogP) is 2.58. The first kappa shape index (κ1) is 22.9. The number of ether oxygens (including phenoxy) is 2. The molecule has 1 heterocycles. The molecule has 0 bridgehead atoms. The number of rotatable bonds is 8. The number of hydrogen-bond acceptors (Lipinski definition) is 6. The summed E-state index contributed by atoms with van der Waals surface area (Å²) in [6.45, 7) is 8.74. The Hall–Kier alpha value is -2.77. The summed E-state index contributed by atoms with van der Waals surface area (Å²) in [5.74, 6) is 1.19. The van der Waals surface area contributed by atoms with Gasteiger partial charge in [-0.3, -0.25) is 4.79 Å². The fourth-order valence-corrected chi connectivity index (χ4v) is 3.72. The molecule has 1 amide bonds. The second kappa shape index (κ2) is 10.5. The molecule has 2 aromatic carbocycles. The van der Waals surface area contributed by atoms with Crippen LogP contribution in [0.15, 0.2) is 36.4 Å². The Kier molecular flexibility index (Phi) is 7.76. The van der Waals surface area contributed by atoms with Crippen LogP contribution in [0.3, 0.4) is 0 Å². The van der Waals surface area contributed by atoms with Crippen molar-refractivity contribution in [3.63, 3.8) is 0 Å². The minimum Gasteiger partial charge on any atom is -0.493 e. The second-order valence-corrected chi connectivity index (χ2v) is 8.03. The molecule has 3 N–H and O–H groups in total. The van der Waals surface area contributed by atoms with Crippen LogP contribution in [-0.2, 0) is 0 Å². The molecule has 1 atom stereocenters. The largest absolute Gasteiger partial charge is 0.493 e. The number of carbonyl (C=O) groups is 1. The predicted molar refractivity (Wildman–Crippen MR) is 124 cm³/mol. The van der Waals surface area contributed by atoms with E-state index < -0.39 is 0 Å². The van der Waals surface area contributed by atoms with Crippen LogP contribution in [-0.4, -0.2) is 64.3 Å². The third-order valence-corrected chi connectivity index (χ3v) is 5.74. The summed E-state index contributed by atoms with van der Waals surface area (Å²) in [7, 11) is 3.74. The van der Waals surface area contributed by atoms with Gasteiger partial charge in [0, 0.05) is 44.0 Å². The molecule has 1 unspecified atom stereocenters. The van der Waals surface area contributed by atoms with Gasteiger partial charge >= 0.3 is 0 Å². The molecule has 0 radical (unpaired) electrons. The molecule has 168 valence electrons. The Morgan fingerprint density at radius 3 is 2.55 bits per heavy atom. The van der Waals surface area contributed by atoms with E-state index >= 15 is 0 Å². The number of amides is 1. The minimum atomic E-state index is -0.190. The number of methoxy groups -OCH3 is 1. The van der Waals surface area contributed by atoms with Gasteiger partial charge in [-0.05, 0) is 56.3 Å². The SMILES string of the molecule is COc1ccc(C(C)NC(=O)c2cc(N3CCN(C)CC3)ccc2C)cc1OCCN. The van der Waals surface area contributed by atoms with Crippen molar-refractivity contribution >= 4 is 11.6 Å². The van der Waals surface area contributed by atoms with Crippen molar-refractivity contribution in [1.82, 2.24) is 10.2 Å². The fraction of sp³-hybridized carbons (Fsp3) is 0.458. The number of carbonyl (C=O) groups excluding carboxylic acids is 1. The Labute approximate surface area is 185 Å². The zero-order valence-corrected chi connectivity index (χ0v) is 19.0. The Bertz CT molecular complexity index is 894. The molecule has 0 spiro atoms. The number of likely N-dealkylation sites (N-methyl/N-ethyl adjacent to an activating group) is 1. The van der Waals surface area contributed by atoms with Gasteiger partial charge in [0.25, 0.3) is 5.91 Å². The number of benzene rings is 2. The lowest BCUT2D eigenvalue weighted by atomic mass is 10.0. The average molecular weight is 427 g/mol. The third kappa shape index (κ3) is 5.68. The number of nitrogens with zero attached hydrogens (tertiary/aromatic N) is 2. The molecule has 31 heavy (non-hydrogen) atoms. The first-order valence-electron chi connectivity index (χ1n) is 10.8. The van der Waals surface area contributed by atoms with Gasteiger partial charge in [0.15, 0.2) is 11.5 Å². The summed E-state index contributed by atoms with van der Waals surface area (Å²) in [5.41, 5.74) is 9.26. The molecule has 1 fully saturated rings. The molecule has 2 aromatic rings. The van der Waals surface area contributed by atoms with Gasteiger partial charge in [-0.25, -0.2) is 0 Å². The molecule has 7 heteroatoms. The summed E-state index contributed by atoms with van der Waals surface area (Å²) in [5, 5.41) is 3.12. The zero-order valence-electron chi connectivity index (χ0n) is 19.0. The monoisotopic (exact) mass is 426 g/mol. The number of nitrogens with two attached hydrogens (primary N) is 1. The maximum atomic E-state index is 13.1. The van der Waals surface area contributed by atoms with Crippen molar-refractivity contribution < 1.29 is 14.3 Å². The minimum absolute atomic E-state index is 0.0822. The van der Waals surface area contributed by atoms with Gasteiger partial charge in [0.05, 0.1) is 13.2 Å². The van der Waals surface area contributed by atoms with E-state index in [9.17, 15) is 4.79 Å². The maximum Gasteiger partial charge on any atom is 0.252 e. The highest BCUT2D eigenvalue weighted by molar-refractivity contribution is 5.96. The van der Waals surface area contributed by atoms with E-state index in [1.54, 1.807) is 7.11 Å². The highest BCUT2D eigenvalue weighted by Gasteiger charge is 2.19. The maximum absolute atomic E-state index is 13.1. The second-order valence-electron chi connectivity index (χ2n) is 8.03. The standard InChI is InChI=1S/C24H34N4O3/c1-17-5-7-20(28-12-10-27(3)11-13-28)16-21(17)24(29)26-18(2)19-6-8-22(30-4)23(15-19)31-14-9-25/h5-8,15-16,18H,9-14,25H2,1-4H3,(H,26,29). The highest BCUT2D eigenvalue weighted by atomic mass is 16.5. The number of hydrogen-bond donors (Lipinski definition) is 2. The van der Waals surface area contributed by atoms with Crippen molar-refractivity contribution in [2.75, 3.05) is 58.4 Å². The number of nitrogens with one attached hydrogen (secondary N) is 1. The van der Waals surface area contributed by atoms with E-state index in [1.165, 1.54) is 0 Å². The molecule has 3 rings (SSSR count). The van der Waals surface area contributed by atoms with Crippen molar-refractivity contribution in [2.24, 2.45) is 5.73 Å². The van der Waals surface area contributed by atoms with Crippen LogP contribution in [0.5, 0.6) is 11.5 Å². The van der Waals surface area contributed by atoms with Crippen molar-refractivity contribution in [3.05, 3.63) is 53.1 Å². The summed E-state index contributed by atoms with van der Waals surface area (Å²) in [6, 6.07) is 11.6. The molecule has 1 aliphatic heterocycles. The number of aryl methyl sites for hydroxylation is 1. The quantitative estimate of drug-likeness (QED) is 0.675. The smallest absolute Gasteiger partial charge is 0.252 e. The topological polar surface area (TPSA) is 80.1 Å². The van der Waals surface area contributed by atoms with Gasteiger partial charge in [0.1, 0.15) is 6.61 Å². The van der Waals surface area contributed by atoms with Crippen molar-refractivity contribution in [2.45, 2.75) is 19.9 Å². The number of anilines is 1. The van der Waals surface area contributed by atoms with Gasteiger partial charge in [-0.2, -0.15) is 0 Å². The van der Waals surface area contributed by atoms with Crippen LogP contribution >= 0.6 is 0 Å². The van der Waals surface area contributed by atoms with Crippen LogP contribution in [0.4, 0.5) is 5.69 Å². The van der Waals surface area contributed by atoms with Gasteiger partial charge in [-0.15, -0.1) is 0 Å². The molecule has 0 aliphatic carbocycles. The summed E-state index contributed by atoms with van der Waals surface area (Å²) in [6.07, 6.45) is 0. The Morgan fingerprint density at radius 2 is 1.87 bits per heavy atom. The molecule has 0 saturated carbocycles. The van der Waals surface area contributed by atoms with E-state index in [0.717, 1.165) is 43.0 Å². The lowest BCUT2D eigenvalue weighted by molar-refractivity contribution is 0.0939. The summed E-state index contributed by atoms with van der Waals surface area (Å²) >= 11 is 0. The van der Waals surface area contributed by atoms with E-state index in [1.807, 2.05) is 44.2 Å². The van der Waals surface area contributed by atoms with Crippen LogP contribution in [0.2, 0.25) is 0 Å². The van der Waals surface area contributed by atoms with E-state index in [4.69, 9.17) is 15.2 Å². The van der Waals surface area contributed by atoms with E-state index in [0.29, 0.717) is 30.2 Å². The van der Waals surface area contributed by atoms with Gasteiger partial charge in [0.2, 0.25) is 0 Å². The van der Waals surface area contributed by atoms with Crippen molar-refractivity contribution in [1.29, 1.82) is 0 Å². The Morgan fingerprint density at radius 1 is 1.13 bits per heavy atom. The van der Waals surface area contributed by atoms with Gasteiger partial charge in [-0.1, -0.05) is 12.1 Å². The van der Waals surface area contributed by atoms with Crippen LogP contribution in [0.25, 0.3) is 0 Å². The third-order valence-electron chi connectivity index (χ3n) is 5.74. The van der Waals surface area contributed by atoms with Crippen LogP contribution < -0.4 is 25.4 Å². The molecule has 0 aromatic heterocycles. The van der Waals surface area contributed by atoms with E-state index in [-0.39, 0.29) is 11.9 Å². The first-order chi connectivity index (χ1) is 14.9. The highest BCUT2D eigenvalue weighted by Crippen LogP contribution is 2.30. The molecule has 7 nitrogen and oxygen atoms in total. The Balaban J connectivity index is 1.74. The first-order valence-corrected chi connectivity index (χ1v) is 10.8. The molecule has 1 aliphatic rings. The lowest BCUT2D eigenvalue weighted by Crippen LogP contribution is -2.44.